The standard InChI is InChI=1S/C22H21NO5S2/c1-2-17(21(26)27)28-18-6-4-3-5-15(18)13-19-20(25)23(22(29)30-19)12-11-14-7-9-16(24)10-8-14/h3-10,13,17,24H,2,11-12H2,1H3,(H,26,27)/b19-13+. The van der Waals surface area contributed by atoms with E-state index < -0.39 is 12.1 Å². The molecule has 156 valence electrons. The molecule has 0 saturated carbocycles. The molecule has 1 aliphatic rings. The summed E-state index contributed by atoms with van der Waals surface area (Å²) in [5.74, 6) is -0.626. The monoisotopic (exact) mass is 443 g/mol. The number of aliphatic carboxylic acids is 1. The number of rotatable bonds is 8. The summed E-state index contributed by atoms with van der Waals surface area (Å²) >= 11 is 6.59. The summed E-state index contributed by atoms with van der Waals surface area (Å²) in [6.45, 7) is 2.17. The molecule has 1 aliphatic heterocycles. The lowest BCUT2D eigenvalue weighted by Gasteiger charge is -2.15. The summed E-state index contributed by atoms with van der Waals surface area (Å²) < 4.78 is 6.11. The Bertz CT molecular complexity index is 987. The molecule has 0 bridgehead atoms. The Balaban J connectivity index is 1.75. The van der Waals surface area contributed by atoms with Crippen LogP contribution in [0, 0.1) is 0 Å². The smallest absolute Gasteiger partial charge is 0.344 e. The predicted octanol–water partition coefficient (Wildman–Crippen LogP) is 4.08. The van der Waals surface area contributed by atoms with Gasteiger partial charge < -0.3 is 14.9 Å². The van der Waals surface area contributed by atoms with Crippen molar-refractivity contribution in [3.05, 3.63) is 64.6 Å². The lowest BCUT2D eigenvalue weighted by molar-refractivity contribution is -0.145. The molecule has 1 unspecified atom stereocenters. The Hall–Kier alpha value is -2.84. The van der Waals surface area contributed by atoms with Gasteiger partial charge in [0.25, 0.3) is 5.91 Å². The summed E-state index contributed by atoms with van der Waals surface area (Å²) in [4.78, 5) is 26.2. The van der Waals surface area contributed by atoms with Crippen molar-refractivity contribution in [2.24, 2.45) is 0 Å². The van der Waals surface area contributed by atoms with E-state index in [9.17, 15) is 19.8 Å². The number of nitrogens with zero attached hydrogens (tertiary/aromatic N) is 1. The zero-order valence-electron chi connectivity index (χ0n) is 16.3. The van der Waals surface area contributed by atoms with Crippen molar-refractivity contribution in [2.45, 2.75) is 25.9 Å². The van der Waals surface area contributed by atoms with E-state index in [0.717, 1.165) is 5.56 Å². The summed E-state index contributed by atoms with van der Waals surface area (Å²) in [5.41, 5.74) is 1.61. The van der Waals surface area contributed by atoms with Gasteiger partial charge in [0.1, 0.15) is 15.8 Å². The van der Waals surface area contributed by atoms with Gasteiger partial charge in [-0.2, -0.15) is 0 Å². The largest absolute Gasteiger partial charge is 0.508 e. The summed E-state index contributed by atoms with van der Waals surface area (Å²) in [6.07, 6.45) is 1.66. The van der Waals surface area contributed by atoms with Gasteiger partial charge in [0.2, 0.25) is 0 Å². The van der Waals surface area contributed by atoms with Crippen LogP contribution >= 0.6 is 24.0 Å². The minimum absolute atomic E-state index is 0.191. The fourth-order valence-electron chi connectivity index (χ4n) is 2.91. The SMILES string of the molecule is CCC(Oc1ccccc1/C=C1/SC(=S)N(CCc2ccc(O)cc2)C1=O)C(=O)O. The van der Waals surface area contributed by atoms with Crippen molar-refractivity contribution in [3.63, 3.8) is 0 Å². The second kappa shape index (κ2) is 9.77. The van der Waals surface area contributed by atoms with Gasteiger partial charge in [-0.3, -0.25) is 9.69 Å². The van der Waals surface area contributed by atoms with Crippen LogP contribution in [-0.4, -0.2) is 44.0 Å². The number of carboxylic acids is 1. The molecule has 1 fully saturated rings. The molecule has 6 nitrogen and oxygen atoms in total. The van der Waals surface area contributed by atoms with Gasteiger partial charge >= 0.3 is 5.97 Å². The lowest BCUT2D eigenvalue weighted by atomic mass is 10.1. The average molecular weight is 444 g/mol. The van der Waals surface area contributed by atoms with Crippen LogP contribution in [0.5, 0.6) is 11.5 Å². The molecular formula is C22H21NO5S2. The number of thioether (sulfide) groups is 1. The molecule has 1 saturated heterocycles. The van der Waals surface area contributed by atoms with Crippen LogP contribution < -0.4 is 4.74 Å². The van der Waals surface area contributed by atoms with Crippen molar-refractivity contribution in [1.82, 2.24) is 4.90 Å². The molecule has 0 radical (unpaired) electrons. The van der Waals surface area contributed by atoms with E-state index >= 15 is 0 Å². The first-order chi connectivity index (χ1) is 14.4. The zero-order chi connectivity index (χ0) is 21.7. The number of phenolic OH excluding ortho intramolecular Hbond substituents is 1. The number of benzene rings is 2. The Labute approximate surface area is 184 Å². The van der Waals surface area contributed by atoms with Crippen LogP contribution in [0.25, 0.3) is 6.08 Å². The van der Waals surface area contributed by atoms with Crippen molar-refractivity contribution in [3.8, 4) is 11.5 Å². The number of ether oxygens (including phenoxy) is 1. The van der Waals surface area contributed by atoms with Crippen molar-refractivity contribution < 1.29 is 24.5 Å². The van der Waals surface area contributed by atoms with E-state index in [1.807, 2.05) is 12.1 Å². The van der Waals surface area contributed by atoms with E-state index in [2.05, 4.69) is 0 Å². The summed E-state index contributed by atoms with van der Waals surface area (Å²) in [5, 5.41) is 18.6. The van der Waals surface area contributed by atoms with E-state index in [-0.39, 0.29) is 11.7 Å². The second-order valence-corrected chi connectivity index (χ2v) is 8.32. The Morgan fingerprint density at radius 2 is 1.93 bits per heavy atom. The third-order valence-corrected chi connectivity index (χ3v) is 5.93. The third kappa shape index (κ3) is 5.20. The molecule has 1 amide bonds. The van der Waals surface area contributed by atoms with Gasteiger partial charge in [0.05, 0.1) is 4.91 Å². The van der Waals surface area contributed by atoms with Crippen LogP contribution in [0.1, 0.15) is 24.5 Å². The Kier molecular flexibility index (Phi) is 7.12. The first kappa shape index (κ1) is 21.9. The van der Waals surface area contributed by atoms with Gasteiger partial charge in [0.15, 0.2) is 6.10 Å². The fourth-order valence-corrected chi connectivity index (χ4v) is 4.21. The molecule has 2 N–H and O–H groups in total. The number of carboxylic acid groups (broad SMARTS) is 1. The minimum atomic E-state index is -1.03. The predicted molar refractivity (Wildman–Crippen MR) is 120 cm³/mol. The lowest BCUT2D eigenvalue weighted by Crippen LogP contribution is -2.30. The third-order valence-electron chi connectivity index (χ3n) is 4.56. The molecule has 2 aromatic carbocycles. The molecule has 1 heterocycles. The number of thiocarbonyl (C=S) groups is 1. The minimum Gasteiger partial charge on any atom is -0.508 e. The Morgan fingerprint density at radius 1 is 1.23 bits per heavy atom. The van der Waals surface area contributed by atoms with Gasteiger partial charge in [-0.25, -0.2) is 4.79 Å². The maximum atomic E-state index is 12.9. The van der Waals surface area contributed by atoms with Crippen LogP contribution in [0.4, 0.5) is 0 Å². The molecule has 0 aromatic heterocycles. The average Bonchev–Trinajstić information content (AvgIpc) is 2.99. The van der Waals surface area contributed by atoms with E-state index in [0.29, 0.717) is 39.9 Å². The number of para-hydroxylation sites is 1. The van der Waals surface area contributed by atoms with Crippen LogP contribution in [0.3, 0.4) is 0 Å². The highest BCUT2D eigenvalue weighted by Crippen LogP contribution is 2.34. The molecular weight excluding hydrogens is 422 g/mol. The maximum Gasteiger partial charge on any atom is 0.344 e. The number of amides is 1. The highest BCUT2D eigenvalue weighted by atomic mass is 32.2. The van der Waals surface area contributed by atoms with Crippen LogP contribution in [-0.2, 0) is 16.0 Å². The first-order valence-corrected chi connectivity index (χ1v) is 10.6. The van der Waals surface area contributed by atoms with Gasteiger partial charge in [-0.05, 0) is 42.7 Å². The van der Waals surface area contributed by atoms with Gasteiger partial charge in [0, 0.05) is 12.1 Å². The molecule has 3 rings (SSSR count). The normalized spacial score (nSPS) is 16.2. The highest BCUT2D eigenvalue weighted by molar-refractivity contribution is 8.26. The fraction of sp³-hybridized carbons (Fsp3) is 0.227. The van der Waals surface area contributed by atoms with E-state index in [1.54, 1.807) is 54.3 Å². The van der Waals surface area contributed by atoms with Crippen LogP contribution in [0.15, 0.2) is 53.4 Å². The zero-order valence-corrected chi connectivity index (χ0v) is 17.9. The number of hydrogen-bond donors (Lipinski definition) is 2. The molecule has 30 heavy (non-hydrogen) atoms. The highest BCUT2D eigenvalue weighted by Gasteiger charge is 2.32. The van der Waals surface area contributed by atoms with Crippen LogP contribution in [0.2, 0.25) is 0 Å². The quantitative estimate of drug-likeness (QED) is 0.470. The first-order valence-electron chi connectivity index (χ1n) is 9.40. The Morgan fingerprint density at radius 3 is 2.60 bits per heavy atom. The van der Waals surface area contributed by atoms with E-state index in [4.69, 9.17) is 17.0 Å². The molecule has 0 spiro atoms. The second-order valence-electron chi connectivity index (χ2n) is 6.64. The van der Waals surface area contributed by atoms with Crippen molar-refractivity contribution in [1.29, 1.82) is 0 Å². The number of carbonyl (C=O) groups is 2. The maximum absolute atomic E-state index is 12.9. The molecule has 8 heteroatoms. The van der Waals surface area contributed by atoms with Crippen molar-refractivity contribution >= 4 is 46.3 Å². The van der Waals surface area contributed by atoms with Gasteiger partial charge in [-0.15, -0.1) is 0 Å². The van der Waals surface area contributed by atoms with Crippen molar-refractivity contribution in [2.75, 3.05) is 6.54 Å². The number of hydrogen-bond acceptors (Lipinski definition) is 6. The molecule has 0 aliphatic carbocycles. The summed E-state index contributed by atoms with van der Waals surface area (Å²) in [6, 6.07) is 13.8. The number of carbonyl (C=O) groups excluding carboxylic acids is 1. The number of phenols is 1. The molecule has 2 aromatic rings. The van der Waals surface area contributed by atoms with Gasteiger partial charge in [-0.1, -0.05) is 61.2 Å². The topological polar surface area (TPSA) is 87.1 Å². The van der Waals surface area contributed by atoms with E-state index in [1.165, 1.54) is 11.8 Å². The molecule has 1 atom stereocenters. The summed E-state index contributed by atoms with van der Waals surface area (Å²) in [7, 11) is 0. The number of aromatic hydroxyl groups is 1.